The highest BCUT2D eigenvalue weighted by molar-refractivity contribution is 5.07. The van der Waals surface area contributed by atoms with Gasteiger partial charge in [-0.05, 0) is 12.0 Å². The minimum absolute atomic E-state index is 0.0694. The number of hydrogen-bond donors (Lipinski definition) is 2. The molecule has 0 aromatic carbocycles. The van der Waals surface area contributed by atoms with E-state index in [9.17, 15) is 0 Å². The molecule has 1 saturated heterocycles. The molecule has 2 nitrogen and oxygen atoms in total. The van der Waals surface area contributed by atoms with Gasteiger partial charge in [-0.1, -0.05) is 20.4 Å². The first-order valence-corrected chi connectivity index (χ1v) is 3.47. The van der Waals surface area contributed by atoms with E-state index in [0.717, 1.165) is 18.5 Å². The fourth-order valence-corrected chi connectivity index (χ4v) is 0.688. The molecule has 9 heavy (non-hydrogen) atoms. The molecule has 0 aromatic rings. The number of rotatable bonds is 0. The predicted octanol–water partition coefficient (Wildman–Crippen LogP) is 0.847. The summed E-state index contributed by atoms with van der Waals surface area (Å²) in [7, 11) is 0. The topological polar surface area (TPSA) is 38.0 Å². The van der Waals surface area contributed by atoms with Crippen LogP contribution in [0.2, 0.25) is 0 Å². The van der Waals surface area contributed by atoms with Crippen molar-refractivity contribution in [3.05, 3.63) is 12.2 Å². The Hall–Kier alpha value is -0.340. The molecule has 0 amide bonds. The van der Waals surface area contributed by atoms with Crippen molar-refractivity contribution in [1.82, 2.24) is 5.32 Å². The molecule has 1 aliphatic heterocycles. The lowest BCUT2D eigenvalue weighted by Gasteiger charge is -1.99. The molecular formula is C7H16N2. The molecule has 1 fully saturated rings. The lowest BCUT2D eigenvalue weighted by Crippen LogP contribution is -2.31. The normalized spacial score (nSPS) is 25.2. The van der Waals surface area contributed by atoms with Crippen LogP contribution < -0.4 is 11.1 Å². The molecule has 1 rings (SSSR count). The first-order chi connectivity index (χ1) is 4.30. The van der Waals surface area contributed by atoms with Crippen LogP contribution in [0.4, 0.5) is 0 Å². The third-order valence-electron chi connectivity index (χ3n) is 1.25. The highest BCUT2D eigenvalue weighted by atomic mass is 15.0. The summed E-state index contributed by atoms with van der Waals surface area (Å²) in [6, 6.07) is 0. The highest BCUT2D eigenvalue weighted by Crippen LogP contribution is 2.05. The standard InChI is InChI=1S/C5H10N2.C2H6/c1-4-2-3-7-5(4)6;1-2/h5,7H,1-3,6H2;1-2H3. The average molecular weight is 128 g/mol. The summed E-state index contributed by atoms with van der Waals surface area (Å²) in [6.45, 7) is 8.75. The summed E-state index contributed by atoms with van der Waals surface area (Å²) in [5.74, 6) is 0. The third-order valence-corrected chi connectivity index (χ3v) is 1.25. The smallest absolute Gasteiger partial charge is 0.0766 e. The summed E-state index contributed by atoms with van der Waals surface area (Å²) < 4.78 is 0. The molecule has 3 N–H and O–H groups in total. The van der Waals surface area contributed by atoms with Crippen molar-refractivity contribution in [1.29, 1.82) is 0 Å². The van der Waals surface area contributed by atoms with Crippen LogP contribution >= 0.6 is 0 Å². The summed E-state index contributed by atoms with van der Waals surface area (Å²) in [6.07, 6.45) is 1.11. The SMILES string of the molecule is C=C1CCNC1N.CC. The lowest BCUT2D eigenvalue weighted by atomic mass is 10.2. The molecule has 54 valence electrons. The maximum atomic E-state index is 5.47. The Labute approximate surface area is 57.1 Å². The first-order valence-electron chi connectivity index (χ1n) is 3.47. The van der Waals surface area contributed by atoms with E-state index in [1.165, 1.54) is 0 Å². The Bertz CT molecular complexity index is 88.9. The molecule has 2 heteroatoms. The van der Waals surface area contributed by atoms with Gasteiger partial charge in [0.05, 0.1) is 6.17 Å². The minimum Gasteiger partial charge on any atom is -0.312 e. The molecule has 1 aliphatic rings. The van der Waals surface area contributed by atoms with E-state index in [2.05, 4.69) is 11.9 Å². The van der Waals surface area contributed by atoms with E-state index in [1.54, 1.807) is 0 Å². The second-order valence-electron chi connectivity index (χ2n) is 1.84. The van der Waals surface area contributed by atoms with Gasteiger partial charge in [-0.15, -0.1) is 0 Å². The Balaban J connectivity index is 0.000000291. The van der Waals surface area contributed by atoms with Gasteiger partial charge in [-0.2, -0.15) is 0 Å². The quantitative estimate of drug-likeness (QED) is 0.475. The van der Waals surface area contributed by atoms with Gasteiger partial charge in [0.1, 0.15) is 0 Å². The second-order valence-corrected chi connectivity index (χ2v) is 1.84. The summed E-state index contributed by atoms with van der Waals surface area (Å²) >= 11 is 0. The minimum atomic E-state index is 0.0694. The fourth-order valence-electron chi connectivity index (χ4n) is 0.688. The second kappa shape index (κ2) is 4.53. The van der Waals surface area contributed by atoms with E-state index in [4.69, 9.17) is 5.73 Å². The van der Waals surface area contributed by atoms with Crippen LogP contribution in [-0.2, 0) is 0 Å². The van der Waals surface area contributed by atoms with Crippen molar-refractivity contribution in [3.63, 3.8) is 0 Å². The van der Waals surface area contributed by atoms with Crippen molar-refractivity contribution in [2.24, 2.45) is 5.73 Å². The van der Waals surface area contributed by atoms with Crippen LogP contribution in [0.5, 0.6) is 0 Å². The van der Waals surface area contributed by atoms with E-state index in [1.807, 2.05) is 13.8 Å². The van der Waals surface area contributed by atoms with Crippen LogP contribution in [0.15, 0.2) is 12.2 Å². The first kappa shape index (κ1) is 8.66. The van der Waals surface area contributed by atoms with Crippen LogP contribution in [0.1, 0.15) is 20.3 Å². The zero-order valence-corrected chi connectivity index (χ0v) is 6.28. The van der Waals surface area contributed by atoms with Crippen molar-refractivity contribution < 1.29 is 0 Å². The van der Waals surface area contributed by atoms with Gasteiger partial charge in [0.2, 0.25) is 0 Å². The Morgan fingerprint density at radius 1 is 1.67 bits per heavy atom. The van der Waals surface area contributed by atoms with Gasteiger partial charge >= 0.3 is 0 Å². The van der Waals surface area contributed by atoms with Crippen LogP contribution in [0.3, 0.4) is 0 Å². The molecule has 1 atom stereocenters. The fraction of sp³-hybridized carbons (Fsp3) is 0.714. The van der Waals surface area contributed by atoms with E-state index >= 15 is 0 Å². The van der Waals surface area contributed by atoms with Crippen molar-refractivity contribution >= 4 is 0 Å². The Morgan fingerprint density at radius 2 is 2.22 bits per heavy atom. The van der Waals surface area contributed by atoms with Crippen molar-refractivity contribution in [3.8, 4) is 0 Å². The summed E-state index contributed by atoms with van der Waals surface area (Å²) in [5, 5.41) is 3.05. The molecule has 1 unspecified atom stereocenters. The van der Waals surface area contributed by atoms with Gasteiger partial charge < -0.3 is 5.73 Å². The molecule has 0 bridgehead atoms. The molecular weight excluding hydrogens is 112 g/mol. The van der Waals surface area contributed by atoms with Gasteiger partial charge in [-0.3, -0.25) is 5.32 Å². The zero-order chi connectivity index (χ0) is 7.28. The van der Waals surface area contributed by atoms with Crippen LogP contribution in [0.25, 0.3) is 0 Å². The molecule has 0 radical (unpaired) electrons. The average Bonchev–Trinajstić information content (AvgIpc) is 2.23. The maximum Gasteiger partial charge on any atom is 0.0766 e. The van der Waals surface area contributed by atoms with Crippen molar-refractivity contribution in [2.75, 3.05) is 6.54 Å². The van der Waals surface area contributed by atoms with Crippen LogP contribution in [-0.4, -0.2) is 12.7 Å². The number of hydrogen-bond acceptors (Lipinski definition) is 2. The van der Waals surface area contributed by atoms with Gasteiger partial charge in [0, 0.05) is 6.54 Å². The molecule has 0 spiro atoms. The number of nitrogens with two attached hydrogens (primary N) is 1. The highest BCUT2D eigenvalue weighted by Gasteiger charge is 2.11. The van der Waals surface area contributed by atoms with E-state index < -0.39 is 0 Å². The number of nitrogens with one attached hydrogen (secondary N) is 1. The summed E-state index contributed by atoms with van der Waals surface area (Å²) in [4.78, 5) is 0. The monoisotopic (exact) mass is 128 g/mol. The molecule has 0 aliphatic carbocycles. The molecule has 1 heterocycles. The Kier molecular flexibility index (Phi) is 4.36. The molecule has 0 saturated carbocycles. The maximum absolute atomic E-state index is 5.47. The predicted molar refractivity (Wildman–Crippen MR) is 41.1 cm³/mol. The van der Waals surface area contributed by atoms with Gasteiger partial charge in [0.25, 0.3) is 0 Å². The molecule has 0 aromatic heterocycles. The van der Waals surface area contributed by atoms with Crippen LogP contribution in [0, 0.1) is 0 Å². The van der Waals surface area contributed by atoms with Crippen molar-refractivity contribution in [2.45, 2.75) is 26.4 Å². The third kappa shape index (κ3) is 2.63. The lowest BCUT2D eigenvalue weighted by molar-refractivity contribution is 0.694. The van der Waals surface area contributed by atoms with Gasteiger partial charge in [0.15, 0.2) is 0 Å². The van der Waals surface area contributed by atoms with Gasteiger partial charge in [-0.25, -0.2) is 0 Å². The largest absolute Gasteiger partial charge is 0.312 e. The summed E-state index contributed by atoms with van der Waals surface area (Å²) in [5.41, 5.74) is 6.59. The zero-order valence-electron chi connectivity index (χ0n) is 6.28. The Morgan fingerprint density at radius 3 is 2.33 bits per heavy atom. The van der Waals surface area contributed by atoms with E-state index in [0.29, 0.717) is 0 Å². The van der Waals surface area contributed by atoms with E-state index in [-0.39, 0.29) is 6.17 Å².